The maximum absolute atomic E-state index is 11.0. The van der Waals surface area contributed by atoms with Crippen LogP contribution in [0.15, 0.2) is 42.6 Å². The lowest BCUT2D eigenvalue weighted by atomic mass is 9.98. The second-order valence-corrected chi connectivity index (χ2v) is 8.01. The predicted molar refractivity (Wildman–Crippen MR) is 117 cm³/mol. The summed E-state index contributed by atoms with van der Waals surface area (Å²) in [6.07, 6.45) is 9.04. The zero-order valence-electron chi connectivity index (χ0n) is 16.2. The van der Waals surface area contributed by atoms with Crippen LogP contribution in [0.1, 0.15) is 68.5 Å². The van der Waals surface area contributed by atoms with E-state index in [1.165, 1.54) is 32.1 Å². The van der Waals surface area contributed by atoms with E-state index in [2.05, 4.69) is 11.9 Å². The number of hydrogen-bond acceptors (Lipinski definition) is 3. The number of pyridine rings is 2. The van der Waals surface area contributed by atoms with Gasteiger partial charge in [-0.05, 0) is 48.7 Å². The van der Waals surface area contributed by atoms with Gasteiger partial charge >= 0.3 is 0 Å². The zero-order valence-corrected chi connectivity index (χ0v) is 17.7. The Bertz CT molecular complexity index is 915. The molecule has 0 radical (unpaired) electrons. The number of fused-ring (bicyclic) bond motifs is 1. The van der Waals surface area contributed by atoms with E-state index in [1.54, 1.807) is 12.3 Å². The minimum absolute atomic E-state index is 0.502. The van der Waals surface area contributed by atoms with Crippen LogP contribution in [0.3, 0.4) is 0 Å². The Morgan fingerprint density at radius 2 is 1.79 bits per heavy atom. The number of aliphatic hydroxyl groups excluding tert-OH is 1. The second kappa shape index (κ2) is 10.2. The van der Waals surface area contributed by atoms with Crippen molar-refractivity contribution in [3.63, 3.8) is 0 Å². The van der Waals surface area contributed by atoms with E-state index in [1.807, 2.05) is 30.3 Å². The third-order valence-electron chi connectivity index (χ3n) is 4.97. The Labute approximate surface area is 176 Å². The van der Waals surface area contributed by atoms with Crippen molar-refractivity contribution in [2.24, 2.45) is 0 Å². The summed E-state index contributed by atoms with van der Waals surface area (Å²) in [6.45, 7) is 2.23. The smallest absolute Gasteiger partial charge is 0.122 e. The van der Waals surface area contributed by atoms with Crippen molar-refractivity contribution < 1.29 is 5.11 Å². The number of aryl methyl sites for hydroxylation is 1. The number of rotatable bonds is 9. The molecule has 1 unspecified atom stereocenters. The van der Waals surface area contributed by atoms with Crippen molar-refractivity contribution in [3.8, 4) is 0 Å². The number of aromatic nitrogens is 2. The fraction of sp³-hybridized carbons (Fsp3) is 0.391. The summed E-state index contributed by atoms with van der Waals surface area (Å²) in [5.41, 5.74) is 2.96. The summed E-state index contributed by atoms with van der Waals surface area (Å²) in [4.78, 5) is 9.07. The van der Waals surface area contributed by atoms with Crippen LogP contribution in [0.4, 0.5) is 0 Å². The molecule has 1 atom stereocenters. The largest absolute Gasteiger partial charge is 0.382 e. The first-order valence-electron chi connectivity index (χ1n) is 9.97. The lowest BCUT2D eigenvalue weighted by molar-refractivity contribution is 0.216. The molecule has 0 aliphatic rings. The number of hydrogen-bond donors (Lipinski definition) is 1. The van der Waals surface area contributed by atoms with E-state index in [0.717, 1.165) is 29.5 Å². The normalized spacial score (nSPS) is 12.4. The van der Waals surface area contributed by atoms with Gasteiger partial charge in [0.15, 0.2) is 0 Å². The molecule has 0 saturated heterocycles. The minimum atomic E-state index is -0.857. The van der Waals surface area contributed by atoms with Gasteiger partial charge in [-0.25, -0.2) is 0 Å². The summed E-state index contributed by atoms with van der Waals surface area (Å²) >= 11 is 12.7. The van der Waals surface area contributed by atoms with Crippen LogP contribution in [-0.2, 0) is 6.42 Å². The Balaban J connectivity index is 1.91. The molecule has 0 fully saturated rings. The fourth-order valence-electron chi connectivity index (χ4n) is 3.47. The molecule has 2 heterocycles. The van der Waals surface area contributed by atoms with Gasteiger partial charge < -0.3 is 5.11 Å². The van der Waals surface area contributed by atoms with Crippen molar-refractivity contribution in [1.82, 2.24) is 9.97 Å². The van der Waals surface area contributed by atoms with E-state index in [9.17, 15) is 5.11 Å². The third kappa shape index (κ3) is 5.22. The van der Waals surface area contributed by atoms with Gasteiger partial charge in [0, 0.05) is 22.3 Å². The summed E-state index contributed by atoms with van der Waals surface area (Å²) in [7, 11) is 0. The SMILES string of the molecule is CCCCCCCCc1cc(C(O)c2ccccn2)c2cc(Cl)cc(Cl)c2n1. The summed E-state index contributed by atoms with van der Waals surface area (Å²) in [5, 5.41) is 12.8. The van der Waals surface area contributed by atoms with Crippen LogP contribution in [0.5, 0.6) is 0 Å². The highest BCUT2D eigenvalue weighted by Gasteiger charge is 2.18. The molecule has 0 amide bonds. The van der Waals surface area contributed by atoms with Crippen LogP contribution < -0.4 is 0 Å². The summed E-state index contributed by atoms with van der Waals surface area (Å²) in [6, 6.07) is 11.0. The maximum atomic E-state index is 11.0. The van der Waals surface area contributed by atoms with Gasteiger partial charge in [0.05, 0.1) is 16.2 Å². The van der Waals surface area contributed by atoms with Crippen molar-refractivity contribution in [2.75, 3.05) is 0 Å². The molecule has 0 bridgehead atoms. The van der Waals surface area contributed by atoms with Crippen LogP contribution >= 0.6 is 23.2 Å². The molecular weight excluding hydrogens is 391 g/mol. The van der Waals surface area contributed by atoms with Crippen LogP contribution in [0.2, 0.25) is 10.0 Å². The van der Waals surface area contributed by atoms with Crippen molar-refractivity contribution in [1.29, 1.82) is 0 Å². The maximum Gasteiger partial charge on any atom is 0.122 e. The van der Waals surface area contributed by atoms with Gasteiger partial charge in [-0.2, -0.15) is 0 Å². The third-order valence-corrected chi connectivity index (χ3v) is 5.47. The molecule has 3 nitrogen and oxygen atoms in total. The first-order chi connectivity index (χ1) is 13.6. The molecule has 5 heteroatoms. The number of unbranched alkanes of at least 4 members (excludes halogenated alkanes) is 5. The van der Waals surface area contributed by atoms with Gasteiger partial charge in [-0.1, -0.05) is 68.3 Å². The van der Waals surface area contributed by atoms with Gasteiger partial charge in [0.25, 0.3) is 0 Å². The van der Waals surface area contributed by atoms with E-state index in [4.69, 9.17) is 28.2 Å². The average Bonchev–Trinajstić information content (AvgIpc) is 2.70. The lowest BCUT2D eigenvalue weighted by Gasteiger charge is -2.16. The molecule has 1 N–H and O–H groups in total. The standard InChI is InChI=1S/C23H26Cl2N2O/c1-2-3-4-5-6-7-10-17-15-19(23(28)21-11-8-9-12-26-21)18-13-16(24)14-20(25)22(18)27-17/h8-9,11-15,23,28H,2-7,10H2,1H3. The highest BCUT2D eigenvalue weighted by Crippen LogP contribution is 2.34. The molecule has 3 aromatic rings. The van der Waals surface area contributed by atoms with Crippen LogP contribution in [-0.4, -0.2) is 15.1 Å². The second-order valence-electron chi connectivity index (χ2n) is 7.16. The quantitative estimate of drug-likeness (QED) is 0.384. The Morgan fingerprint density at radius 3 is 2.54 bits per heavy atom. The topological polar surface area (TPSA) is 46.0 Å². The zero-order chi connectivity index (χ0) is 19.9. The van der Waals surface area contributed by atoms with Crippen molar-refractivity contribution in [3.05, 3.63) is 69.6 Å². The highest BCUT2D eigenvalue weighted by atomic mass is 35.5. The lowest BCUT2D eigenvalue weighted by Crippen LogP contribution is -2.05. The van der Waals surface area contributed by atoms with Gasteiger partial charge in [0.1, 0.15) is 6.10 Å². The monoisotopic (exact) mass is 416 g/mol. The molecule has 0 saturated carbocycles. The predicted octanol–water partition coefficient (Wildman–Crippen LogP) is 6.92. The molecule has 0 aliphatic heterocycles. The molecule has 0 spiro atoms. The molecule has 148 valence electrons. The first-order valence-corrected chi connectivity index (χ1v) is 10.7. The van der Waals surface area contributed by atoms with E-state index in [-0.39, 0.29) is 0 Å². The van der Waals surface area contributed by atoms with Crippen molar-refractivity contribution >= 4 is 34.1 Å². The van der Waals surface area contributed by atoms with E-state index in [0.29, 0.717) is 21.3 Å². The first kappa shape index (κ1) is 21.0. The van der Waals surface area contributed by atoms with Crippen molar-refractivity contribution in [2.45, 2.75) is 58.0 Å². The number of halogens is 2. The minimum Gasteiger partial charge on any atom is -0.382 e. The number of nitrogens with zero attached hydrogens (tertiary/aromatic N) is 2. The average molecular weight is 417 g/mol. The van der Waals surface area contributed by atoms with Crippen LogP contribution in [0, 0.1) is 0 Å². The molecule has 2 aromatic heterocycles. The molecule has 28 heavy (non-hydrogen) atoms. The highest BCUT2D eigenvalue weighted by molar-refractivity contribution is 6.38. The molecule has 3 rings (SSSR count). The van der Waals surface area contributed by atoms with Crippen LogP contribution in [0.25, 0.3) is 10.9 Å². The molecule has 0 aliphatic carbocycles. The van der Waals surface area contributed by atoms with Gasteiger partial charge in [0.2, 0.25) is 0 Å². The molecular formula is C23H26Cl2N2O. The summed E-state index contributed by atoms with van der Waals surface area (Å²) < 4.78 is 0. The van der Waals surface area contributed by atoms with E-state index >= 15 is 0 Å². The Morgan fingerprint density at radius 1 is 1.00 bits per heavy atom. The van der Waals surface area contributed by atoms with E-state index < -0.39 is 6.10 Å². The van der Waals surface area contributed by atoms with Gasteiger partial charge in [-0.3, -0.25) is 9.97 Å². The number of benzene rings is 1. The summed E-state index contributed by atoms with van der Waals surface area (Å²) in [5.74, 6) is 0. The Kier molecular flexibility index (Phi) is 7.66. The number of aliphatic hydroxyl groups is 1. The fourth-order valence-corrected chi connectivity index (χ4v) is 4.01. The van der Waals surface area contributed by atoms with Gasteiger partial charge in [-0.15, -0.1) is 0 Å². The molecule has 1 aromatic carbocycles. The Hall–Kier alpha value is -1.68.